The van der Waals surface area contributed by atoms with Crippen LogP contribution in [0.4, 0.5) is 0 Å². The number of aryl methyl sites for hydroxylation is 1. The van der Waals surface area contributed by atoms with Crippen LogP contribution in [0.1, 0.15) is 29.1 Å². The molecule has 8 heteroatoms. The molecule has 1 aliphatic heterocycles. The monoisotopic (exact) mass is 390 g/mol. The molecule has 7 nitrogen and oxygen atoms in total. The summed E-state index contributed by atoms with van der Waals surface area (Å²) in [5.74, 6) is -0.571. The number of likely N-dealkylation sites (tertiary alicyclic amines) is 1. The number of piperidine rings is 1. The molecular weight excluding hydrogens is 368 g/mol. The van der Waals surface area contributed by atoms with Gasteiger partial charge in [-0.1, -0.05) is 17.7 Å². The van der Waals surface area contributed by atoms with Gasteiger partial charge in [0.25, 0.3) is 0 Å². The summed E-state index contributed by atoms with van der Waals surface area (Å²) in [4.78, 5) is 29.5. The highest BCUT2D eigenvalue weighted by Crippen LogP contribution is 2.23. The standard InChI is InChI=1S/C19H22N2O5S/c1-13-2-4-15(5-3-13)26-11-16-20-14(12-27-16)10-17(22)21-8-6-19(25,7-9-21)18(23)24/h2-5,12,25H,6-11H2,1H3,(H,23,24). The summed E-state index contributed by atoms with van der Waals surface area (Å²) in [5.41, 5.74) is 0.112. The number of ether oxygens (including phenoxy) is 1. The molecule has 0 unspecified atom stereocenters. The molecule has 1 aliphatic rings. The van der Waals surface area contributed by atoms with E-state index in [0.29, 0.717) is 12.3 Å². The number of hydrogen-bond donors (Lipinski definition) is 2. The molecule has 2 aromatic rings. The van der Waals surface area contributed by atoms with E-state index in [1.807, 2.05) is 36.6 Å². The molecule has 2 heterocycles. The van der Waals surface area contributed by atoms with Crippen molar-refractivity contribution in [2.45, 2.75) is 38.4 Å². The average Bonchev–Trinajstić information content (AvgIpc) is 3.09. The molecule has 1 fully saturated rings. The van der Waals surface area contributed by atoms with E-state index in [2.05, 4.69) is 4.98 Å². The molecule has 1 saturated heterocycles. The smallest absolute Gasteiger partial charge is 0.335 e. The highest BCUT2D eigenvalue weighted by Gasteiger charge is 2.40. The number of carbonyl (C=O) groups excluding carboxylic acids is 1. The Labute approximate surface area is 161 Å². The fraction of sp³-hybridized carbons (Fsp3) is 0.421. The zero-order chi connectivity index (χ0) is 19.4. The van der Waals surface area contributed by atoms with Crippen molar-refractivity contribution in [1.82, 2.24) is 9.88 Å². The van der Waals surface area contributed by atoms with Gasteiger partial charge in [-0.2, -0.15) is 0 Å². The largest absolute Gasteiger partial charge is 0.486 e. The molecule has 27 heavy (non-hydrogen) atoms. The number of thiazole rings is 1. The van der Waals surface area contributed by atoms with Crippen molar-refractivity contribution in [3.8, 4) is 5.75 Å². The third kappa shape index (κ3) is 4.84. The fourth-order valence-electron chi connectivity index (χ4n) is 2.88. The number of carboxylic acids is 1. The van der Waals surface area contributed by atoms with Crippen molar-refractivity contribution < 1.29 is 24.5 Å². The van der Waals surface area contributed by atoms with Crippen molar-refractivity contribution in [3.63, 3.8) is 0 Å². The predicted molar refractivity (Wildman–Crippen MR) is 99.7 cm³/mol. The van der Waals surface area contributed by atoms with E-state index in [-0.39, 0.29) is 38.3 Å². The van der Waals surface area contributed by atoms with Crippen LogP contribution in [0.2, 0.25) is 0 Å². The van der Waals surface area contributed by atoms with Crippen molar-refractivity contribution in [2.24, 2.45) is 0 Å². The second-order valence-electron chi connectivity index (χ2n) is 6.73. The first-order valence-corrected chi connectivity index (χ1v) is 9.60. The Bertz CT molecular complexity index is 810. The molecular formula is C19H22N2O5S. The Hall–Kier alpha value is -2.45. The van der Waals surface area contributed by atoms with E-state index in [1.165, 1.54) is 11.3 Å². The Morgan fingerprint density at radius 1 is 1.26 bits per heavy atom. The number of aromatic nitrogens is 1. The van der Waals surface area contributed by atoms with Crippen LogP contribution in [0.5, 0.6) is 5.75 Å². The first kappa shape index (κ1) is 19.3. The summed E-state index contributed by atoms with van der Waals surface area (Å²) in [7, 11) is 0. The summed E-state index contributed by atoms with van der Waals surface area (Å²) in [6.45, 7) is 2.82. The lowest BCUT2D eigenvalue weighted by Gasteiger charge is -2.35. The van der Waals surface area contributed by atoms with Crippen LogP contribution in [0, 0.1) is 6.92 Å². The first-order chi connectivity index (χ1) is 12.9. The Morgan fingerprint density at radius 2 is 1.93 bits per heavy atom. The van der Waals surface area contributed by atoms with Gasteiger partial charge in [0.1, 0.15) is 17.4 Å². The molecule has 144 valence electrons. The van der Waals surface area contributed by atoms with E-state index < -0.39 is 11.6 Å². The van der Waals surface area contributed by atoms with E-state index >= 15 is 0 Å². The number of hydrogen-bond acceptors (Lipinski definition) is 6. The van der Waals surface area contributed by atoms with Crippen LogP contribution in [0.15, 0.2) is 29.6 Å². The maximum Gasteiger partial charge on any atom is 0.335 e. The number of aliphatic carboxylic acids is 1. The molecule has 0 radical (unpaired) electrons. The number of rotatable bonds is 6. The minimum Gasteiger partial charge on any atom is -0.486 e. The van der Waals surface area contributed by atoms with Crippen molar-refractivity contribution in [2.75, 3.05) is 13.1 Å². The highest BCUT2D eigenvalue weighted by atomic mass is 32.1. The molecule has 1 aromatic heterocycles. The van der Waals surface area contributed by atoms with Gasteiger partial charge in [-0.15, -0.1) is 11.3 Å². The van der Waals surface area contributed by atoms with Gasteiger partial charge in [0, 0.05) is 31.3 Å². The van der Waals surface area contributed by atoms with Crippen LogP contribution in [0.25, 0.3) is 0 Å². The van der Waals surface area contributed by atoms with Gasteiger partial charge in [0.05, 0.1) is 12.1 Å². The van der Waals surface area contributed by atoms with Crippen molar-refractivity contribution >= 4 is 23.2 Å². The van der Waals surface area contributed by atoms with Crippen LogP contribution in [-0.4, -0.2) is 50.7 Å². The molecule has 3 rings (SSSR count). The quantitative estimate of drug-likeness (QED) is 0.783. The van der Waals surface area contributed by atoms with E-state index in [4.69, 9.17) is 9.84 Å². The summed E-state index contributed by atoms with van der Waals surface area (Å²) >= 11 is 1.44. The second-order valence-corrected chi connectivity index (χ2v) is 7.67. The normalized spacial score (nSPS) is 16.1. The molecule has 0 atom stereocenters. The molecule has 0 spiro atoms. The second kappa shape index (κ2) is 8.06. The summed E-state index contributed by atoms with van der Waals surface area (Å²) in [6.07, 6.45) is 0.244. The zero-order valence-electron chi connectivity index (χ0n) is 15.1. The Morgan fingerprint density at radius 3 is 2.56 bits per heavy atom. The minimum absolute atomic E-state index is 0.0424. The molecule has 0 saturated carbocycles. The summed E-state index contributed by atoms with van der Waals surface area (Å²) in [6, 6.07) is 7.76. The lowest BCUT2D eigenvalue weighted by atomic mass is 9.91. The topological polar surface area (TPSA) is 100.0 Å². The Balaban J connectivity index is 1.49. The van der Waals surface area contributed by atoms with Gasteiger partial charge in [-0.05, 0) is 19.1 Å². The van der Waals surface area contributed by atoms with Gasteiger partial charge in [-0.25, -0.2) is 9.78 Å². The Kier molecular flexibility index (Phi) is 5.76. The summed E-state index contributed by atoms with van der Waals surface area (Å²) in [5, 5.41) is 21.6. The summed E-state index contributed by atoms with van der Waals surface area (Å²) < 4.78 is 5.70. The van der Waals surface area contributed by atoms with Crippen LogP contribution in [0.3, 0.4) is 0 Å². The van der Waals surface area contributed by atoms with Gasteiger partial charge in [-0.3, -0.25) is 4.79 Å². The molecule has 0 bridgehead atoms. The SMILES string of the molecule is Cc1ccc(OCc2nc(CC(=O)N3CCC(O)(C(=O)O)CC3)cs2)cc1. The number of nitrogens with zero attached hydrogens (tertiary/aromatic N) is 2. The zero-order valence-corrected chi connectivity index (χ0v) is 15.9. The van der Waals surface area contributed by atoms with E-state index in [1.54, 1.807) is 4.90 Å². The van der Waals surface area contributed by atoms with E-state index in [9.17, 15) is 14.7 Å². The lowest BCUT2D eigenvalue weighted by Crippen LogP contribution is -2.51. The third-order valence-electron chi connectivity index (χ3n) is 4.66. The van der Waals surface area contributed by atoms with Crippen molar-refractivity contribution in [1.29, 1.82) is 0 Å². The van der Waals surface area contributed by atoms with Crippen LogP contribution < -0.4 is 4.74 Å². The number of carbonyl (C=O) groups is 2. The van der Waals surface area contributed by atoms with E-state index in [0.717, 1.165) is 16.3 Å². The number of aliphatic hydroxyl groups is 1. The molecule has 2 N–H and O–H groups in total. The van der Waals surface area contributed by atoms with Crippen molar-refractivity contribution in [3.05, 3.63) is 45.9 Å². The predicted octanol–water partition coefficient (Wildman–Crippen LogP) is 2.01. The molecule has 1 aromatic carbocycles. The first-order valence-electron chi connectivity index (χ1n) is 8.72. The fourth-order valence-corrected chi connectivity index (χ4v) is 3.59. The maximum atomic E-state index is 12.4. The number of carboxylic acid groups (broad SMARTS) is 1. The van der Waals surface area contributed by atoms with Gasteiger partial charge < -0.3 is 19.8 Å². The van der Waals surface area contributed by atoms with Gasteiger partial charge in [0.15, 0.2) is 5.60 Å². The highest BCUT2D eigenvalue weighted by molar-refractivity contribution is 7.09. The number of benzene rings is 1. The minimum atomic E-state index is -1.72. The molecule has 1 amide bonds. The van der Waals surface area contributed by atoms with Gasteiger partial charge >= 0.3 is 5.97 Å². The third-order valence-corrected chi connectivity index (χ3v) is 5.53. The lowest BCUT2D eigenvalue weighted by molar-refractivity contribution is -0.165. The maximum absolute atomic E-state index is 12.4. The molecule has 0 aliphatic carbocycles. The van der Waals surface area contributed by atoms with Crippen LogP contribution >= 0.6 is 11.3 Å². The van der Waals surface area contributed by atoms with Crippen LogP contribution in [-0.2, 0) is 22.6 Å². The van der Waals surface area contributed by atoms with Gasteiger partial charge in [0.2, 0.25) is 5.91 Å². The average molecular weight is 390 g/mol. The number of amides is 1.